The molecule has 166 valence electrons. The minimum Gasteiger partial charge on any atom is -0.481 e. The van der Waals surface area contributed by atoms with Crippen molar-refractivity contribution in [2.75, 3.05) is 13.2 Å². The van der Waals surface area contributed by atoms with Crippen molar-refractivity contribution in [3.05, 3.63) is 95.1 Å². The molecule has 3 aromatic rings. The average molecular weight is 435 g/mol. The van der Waals surface area contributed by atoms with Crippen LogP contribution in [0.25, 0.3) is 0 Å². The van der Waals surface area contributed by atoms with Crippen LogP contribution < -0.4 is 9.47 Å². The summed E-state index contributed by atoms with van der Waals surface area (Å²) in [7, 11) is 0. The fourth-order valence-corrected chi connectivity index (χ4v) is 3.01. The molecule has 0 aliphatic rings. The summed E-state index contributed by atoms with van der Waals surface area (Å²) in [5.41, 5.74) is 3.98. The highest BCUT2D eigenvalue weighted by Crippen LogP contribution is 2.33. The van der Waals surface area contributed by atoms with Crippen molar-refractivity contribution in [2.24, 2.45) is 0 Å². The first-order valence-electron chi connectivity index (χ1n) is 10.3. The number of ether oxygens (including phenoxy) is 2. The first-order chi connectivity index (χ1) is 15.9. The lowest BCUT2D eigenvalue weighted by atomic mass is 9.78. The highest BCUT2D eigenvalue weighted by atomic mass is 16.5. The Bertz CT molecular complexity index is 1100. The Morgan fingerprint density at radius 1 is 0.606 bits per heavy atom. The van der Waals surface area contributed by atoms with Crippen LogP contribution in [0.3, 0.4) is 0 Å². The summed E-state index contributed by atoms with van der Waals surface area (Å²) < 4.78 is 10.8. The zero-order valence-electron chi connectivity index (χ0n) is 19.0. The molecule has 0 bridgehead atoms. The lowest BCUT2D eigenvalue weighted by molar-refractivity contribution is 0.370. The van der Waals surface area contributed by atoms with Crippen LogP contribution in [0.1, 0.15) is 39.0 Å². The normalized spacial score (nSPS) is 9.64. The average Bonchev–Trinajstić information content (AvgIpc) is 2.87. The highest BCUT2D eigenvalue weighted by Gasteiger charge is 2.23. The maximum Gasteiger partial charge on any atom is 0.148 e. The third-order valence-electron chi connectivity index (χ3n) is 5.01. The molecule has 0 amide bonds. The first kappa shape index (κ1) is 24.8. The molecule has 0 radical (unpaired) electrons. The predicted molar refractivity (Wildman–Crippen MR) is 140 cm³/mol. The van der Waals surface area contributed by atoms with Crippen molar-refractivity contribution in [1.82, 2.24) is 0 Å². The second-order valence-electron chi connectivity index (χ2n) is 7.53. The SMILES string of the molecule is C#CCOc1ccc(C(C)(C)c2ccc(OCC#C)cc2)cc1.C#Cc1ccc(C#C)cc1.[HH].[HH]. The van der Waals surface area contributed by atoms with Gasteiger partial charge in [0.05, 0.1) is 0 Å². The lowest BCUT2D eigenvalue weighted by Crippen LogP contribution is -2.18. The van der Waals surface area contributed by atoms with E-state index in [1.807, 2.05) is 48.5 Å². The molecule has 0 aromatic heterocycles. The van der Waals surface area contributed by atoms with Gasteiger partial charge in [0.25, 0.3) is 0 Å². The van der Waals surface area contributed by atoms with E-state index in [0.29, 0.717) is 0 Å². The fraction of sp³-hybridized carbons (Fsp3) is 0.161. The summed E-state index contributed by atoms with van der Waals surface area (Å²) >= 11 is 0. The molecule has 0 spiro atoms. The summed E-state index contributed by atoms with van der Waals surface area (Å²) in [5.74, 6) is 11.5. The molecule has 0 heterocycles. The van der Waals surface area contributed by atoms with Crippen LogP contribution in [0, 0.1) is 49.4 Å². The van der Waals surface area contributed by atoms with Crippen molar-refractivity contribution in [2.45, 2.75) is 19.3 Å². The maximum atomic E-state index is 5.41. The van der Waals surface area contributed by atoms with Crippen molar-refractivity contribution >= 4 is 0 Å². The van der Waals surface area contributed by atoms with Gasteiger partial charge in [-0.15, -0.1) is 25.7 Å². The van der Waals surface area contributed by atoms with E-state index in [4.69, 9.17) is 35.2 Å². The lowest BCUT2D eigenvalue weighted by Gasteiger charge is -2.26. The number of hydrogen-bond acceptors (Lipinski definition) is 2. The molecule has 0 unspecified atom stereocenters. The molecule has 0 aliphatic heterocycles. The minimum atomic E-state index is -0.130. The summed E-state index contributed by atoms with van der Waals surface area (Å²) in [4.78, 5) is 0. The molecule has 0 aliphatic carbocycles. The molecule has 33 heavy (non-hydrogen) atoms. The molecule has 2 nitrogen and oxygen atoms in total. The Kier molecular flexibility index (Phi) is 9.29. The molecule has 0 fully saturated rings. The van der Waals surface area contributed by atoms with Crippen LogP contribution in [0.2, 0.25) is 0 Å². The summed E-state index contributed by atoms with van der Waals surface area (Å²) in [6.07, 6.45) is 20.7. The Labute approximate surface area is 200 Å². The van der Waals surface area contributed by atoms with Gasteiger partial charge >= 0.3 is 0 Å². The van der Waals surface area contributed by atoms with Gasteiger partial charge in [-0.05, 0) is 59.7 Å². The van der Waals surface area contributed by atoms with Crippen molar-refractivity contribution < 1.29 is 12.3 Å². The Morgan fingerprint density at radius 3 is 1.21 bits per heavy atom. The van der Waals surface area contributed by atoms with Gasteiger partial charge in [-0.25, -0.2) is 0 Å². The summed E-state index contributed by atoms with van der Waals surface area (Å²) in [6, 6.07) is 23.3. The Balaban J connectivity index is 0.000000816. The van der Waals surface area contributed by atoms with Gasteiger partial charge in [0.2, 0.25) is 0 Å². The van der Waals surface area contributed by atoms with Crippen LogP contribution in [-0.4, -0.2) is 13.2 Å². The molecule has 2 heteroatoms. The maximum absolute atomic E-state index is 5.41. The van der Waals surface area contributed by atoms with E-state index < -0.39 is 0 Å². The molecule has 0 saturated heterocycles. The van der Waals surface area contributed by atoms with E-state index in [9.17, 15) is 0 Å². The van der Waals surface area contributed by atoms with Gasteiger partial charge < -0.3 is 9.47 Å². The predicted octanol–water partition coefficient (Wildman–Crippen LogP) is 6.18. The quantitative estimate of drug-likeness (QED) is 0.432. The molecular formula is C31H30O2. The monoisotopic (exact) mass is 434 g/mol. The van der Waals surface area contributed by atoms with Gasteiger partial charge in [-0.2, -0.15) is 0 Å². The van der Waals surface area contributed by atoms with E-state index in [0.717, 1.165) is 22.6 Å². The Morgan fingerprint density at radius 2 is 0.939 bits per heavy atom. The smallest absolute Gasteiger partial charge is 0.148 e. The number of benzene rings is 3. The third-order valence-corrected chi connectivity index (χ3v) is 5.01. The largest absolute Gasteiger partial charge is 0.481 e. The second-order valence-corrected chi connectivity index (χ2v) is 7.53. The molecule has 0 atom stereocenters. The van der Waals surface area contributed by atoms with Crippen LogP contribution >= 0.6 is 0 Å². The topological polar surface area (TPSA) is 18.5 Å². The minimum absolute atomic E-state index is 0. The third kappa shape index (κ3) is 7.30. The fourth-order valence-electron chi connectivity index (χ4n) is 3.01. The van der Waals surface area contributed by atoms with Crippen molar-refractivity contribution in [3.8, 4) is 60.9 Å². The van der Waals surface area contributed by atoms with Gasteiger partial charge in [0.15, 0.2) is 0 Å². The van der Waals surface area contributed by atoms with E-state index >= 15 is 0 Å². The molecule has 0 N–H and O–H groups in total. The zero-order valence-corrected chi connectivity index (χ0v) is 19.0. The van der Waals surface area contributed by atoms with Crippen LogP contribution in [-0.2, 0) is 5.41 Å². The van der Waals surface area contributed by atoms with Gasteiger partial charge in [-0.3, -0.25) is 0 Å². The first-order valence-corrected chi connectivity index (χ1v) is 10.3. The number of terminal acetylenes is 4. The van der Waals surface area contributed by atoms with Gasteiger partial charge in [-0.1, -0.05) is 61.8 Å². The Hall–Kier alpha value is -4.50. The zero-order chi connectivity index (χ0) is 24.1. The molecule has 0 saturated carbocycles. The van der Waals surface area contributed by atoms with Crippen LogP contribution in [0.4, 0.5) is 0 Å². The van der Waals surface area contributed by atoms with Crippen molar-refractivity contribution in [1.29, 1.82) is 0 Å². The summed E-state index contributed by atoms with van der Waals surface area (Å²) in [6.45, 7) is 4.92. The van der Waals surface area contributed by atoms with Gasteiger partial charge in [0, 0.05) is 19.4 Å². The number of hydrogen-bond donors (Lipinski definition) is 0. The molecular weight excluding hydrogens is 404 g/mol. The van der Waals surface area contributed by atoms with Crippen molar-refractivity contribution in [3.63, 3.8) is 0 Å². The van der Waals surface area contributed by atoms with E-state index in [1.54, 1.807) is 0 Å². The molecule has 3 rings (SSSR count). The van der Waals surface area contributed by atoms with Gasteiger partial charge in [0.1, 0.15) is 24.7 Å². The number of rotatable bonds is 6. The van der Waals surface area contributed by atoms with E-state index in [1.165, 1.54) is 11.1 Å². The van der Waals surface area contributed by atoms with Crippen LogP contribution in [0.15, 0.2) is 72.8 Å². The molecule has 3 aromatic carbocycles. The highest BCUT2D eigenvalue weighted by molar-refractivity contribution is 5.42. The summed E-state index contributed by atoms with van der Waals surface area (Å²) in [5, 5.41) is 0. The standard InChI is InChI=1S/C21H20O2.C10H6.2H2/c1-5-15-22-19-11-7-17(8-12-19)21(3,4)18-9-13-20(14-10-18)23-16-6-2;1-3-9-5-7-10(4-2)8-6-9;;/h1-2,7-14H,15-16H2,3-4H3;1-2,5-8H;2*1H. The van der Waals surface area contributed by atoms with E-state index in [2.05, 4.69) is 61.8 Å². The second kappa shape index (κ2) is 12.4. The van der Waals surface area contributed by atoms with Crippen LogP contribution in [0.5, 0.6) is 11.5 Å². The van der Waals surface area contributed by atoms with E-state index in [-0.39, 0.29) is 21.5 Å².